The van der Waals surface area contributed by atoms with Gasteiger partial charge in [-0.2, -0.15) is 0 Å². The second kappa shape index (κ2) is 6.61. The minimum Gasteiger partial charge on any atom is -0.390 e. The lowest BCUT2D eigenvalue weighted by Crippen LogP contribution is -2.18. The maximum atomic E-state index is 10.7. The minimum atomic E-state index is -0.980. The second-order valence-electron chi connectivity index (χ2n) is 3.29. The minimum absolute atomic E-state index is 0.00950. The van der Waals surface area contributed by atoms with Gasteiger partial charge in [-0.15, -0.1) is 11.3 Å². The molecule has 2 N–H and O–H groups in total. The first-order valence-electron chi connectivity index (χ1n) is 4.74. The van der Waals surface area contributed by atoms with E-state index in [2.05, 4.69) is 0 Å². The first-order chi connectivity index (χ1) is 7.52. The van der Waals surface area contributed by atoms with Gasteiger partial charge in [0.15, 0.2) is 5.12 Å². The zero-order chi connectivity index (χ0) is 12.1. The molecule has 0 saturated carbocycles. The smallest absolute Gasteiger partial charge is 0.185 e. The lowest BCUT2D eigenvalue weighted by molar-refractivity contribution is -0.109. The fourth-order valence-electron chi connectivity index (χ4n) is 1.20. The molecule has 1 aromatic rings. The zero-order valence-corrected chi connectivity index (χ0v) is 11.1. The molecule has 0 aliphatic rings. The van der Waals surface area contributed by atoms with Gasteiger partial charge in [0.05, 0.1) is 10.4 Å². The molecule has 1 rings (SSSR count). The van der Waals surface area contributed by atoms with Crippen LogP contribution in [0.3, 0.4) is 0 Å². The lowest BCUT2D eigenvalue weighted by Gasteiger charge is -2.16. The van der Waals surface area contributed by atoms with E-state index in [9.17, 15) is 15.0 Å². The largest absolute Gasteiger partial charge is 0.390 e. The number of hydrogen-bond acceptors (Lipinski definition) is 5. The Bertz CT molecular complexity index is 354. The van der Waals surface area contributed by atoms with Crippen molar-refractivity contribution in [1.29, 1.82) is 0 Å². The van der Waals surface area contributed by atoms with Gasteiger partial charge in [-0.1, -0.05) is 23.4 Å². The van der Waals surface area contributed by atoms with Gasteiger partial charge >= 0.3 is 0 Å². The van der Waals surface area contributed by atoms with Crippen molar-refractivity contribution in [1.82, 2.24) is 0 Å². The van der Waals surface area contributed by atoms with Crippen molar-refractivity contribution in [2.75, 3.05) is 5.75 Å². The Morgan fingerprint density at radius 3 is 2.81 bits per heavy atom. The highest BCUT2D eigenvalue weighted by molar-refractivity contribution is 8.13. The summed E-state index contributed by atoms with van der Waals surface area (Å²) in [7, 11) is 0. The van der Waals surface area contributed by atoms with Gasteiger partial charge in [0, 0.05) is 18.2 Å². The average Bonchev–Trinajstić information content (AvgIpc) is 2.62. The van der Waals surface area contributed by atoms with Crippen molar-refractivity contribution < 1.29 is 15.0 Å². The third-order valence-electron chi connectivity index (χ3n) is 2.05. The van der Waals surface area contributed by atoms with Crippen LogP contribution in [0.25, 0.3) is 0 Å². The summed E-state index contributed by atoms with van der Waals surface area (Å²) in [5, 5.41) is 21.3. The molecule has 6 heteroatoms. The molecule has 3 nitrogen and oxygen atoms in total. The van der Waals surface area contributed by atoms with Crippen molar-refractivity contribution in [3.63, 3.8) is 0 Å². The number of hydrogen-bond donors (Lipinski definition) is 2. The summed E-state index contributed by atoms with van der Waals surface area (Å²) < 4.78 is 0.491. The summed E-state index contributed by atoms with van der Waals surface area (Å²) in [4.78, 5) is 10.7. The number of thiophene rings is 1. The summed E-state index contributed by atoms with van der Waals surface area (Å²) in [6, 6.07) is 1.69. The van der Waals surface area contributed by atoms with Crippen molar-refractivity contribution in [3.05, 3.63) is 21.3 Å². The first kappa shape index (κ1) is 14.0. The van der Waals surface area contributed by atoms with Gasteiger partial charge in [0.25, 0.3) is 0 Å². The Morgan fingerprint density at radius 2 is 2.31 bits per heavy atom. The average molecular weight is 281 g/mol. The van der Waals surface area contributed by atoms with E-state index in [0.717, 1.165) is 11.8 Å². The van der Waals surface area contributed by atoms with E-state index in [4.69, 9.17) is 11.6 Å². The van der Waals surface area contributed by atoms with Gasteiger partial charge in [0.2, 0.25) is 0 Å². The molecule has 90 valence electrons. The molecule has 0 bridgehead atoms. The Kier molecular flexibility index (Phi) is 5.78. The van der Waals surface area contributed by atoms with Crippen LogP contribution < -0.4 is 0 Å². The molecular weight excluding hydrogens is 268 g/mol. The van der Waals surface area contributed by atoms with Crippen molar-refractivity contribution >= 4 is 39.8 Å². The van der Waals surface area contributed by atoms with Crippen LogP contribution in [0.5, 0.6) is 0 Å². The van der Waals surface area contributed by atoms with Gasteiger partial charge in [0.1, 0.15) is 6.10 Å². The van der Waals surface area contributed by atoms with E-state index in [1.807, 2.05) is 0 Å². The molecule has 0 saturated heterocycles. The standard InChI is InChI=1S/C10H13ClO3S2/c1-6(12)15-5-3-8(13)9(14)7-2-4-16-10(7)11/h2,4,8-9,13-14H,3,5H2,1H3. The number of carbonyl (C=O) groups is 1. The highest BCUT2D eigenvalue weighted by Gasteiger charge is 2.21. The molecule has 1 heterocycles. The number of thioether (sulfide) groups is 1. The molecule has 0 aliphatic carbocycles. The van der Waals surface area contributed by atoms with Crippen molar-refractivity contribution in [2.24, 2.45) is 0 Å². The van der Waals surface area contributed by atoms with Crippen molar-refractivity contribution in [2.45, 2.75) is 25.6 Å². The predicted octanol–water partition coefficient (Wildman–Crippen LogP) is 2.47. The van der Waals surface area contributed by atoms with Crippen LogP contribution >= 0.6 is 34.7 Å². The van der Waals surface area contributed by atoms with Crippen LogP contribution in [0.1, 0.15) is 25.0 Å². The van der Waals surface area contributed by atoms with Gasteiger partial charge in [-0.25, -0.2) is 0 Å². The van der Waals surface area contributed by atoms with Crippen LogP contribution in [0.4, 0.5) is 0 Å². The van der Waals surface area contributed by atoms with E-state index in [-0.39, 0.29) is 5.12 Å². The highest BCUT2D eigenvalue weighted by atomic mass is 35.5. The molecular formula is C10H13ClO3S2. The summed E-state index contributed by atoms with van der Waals surface area (Å²) in [6.07, 6.45) is -1.51. The second-order valence-corrected chi connectivity index (χ2v) is 6.08. The van der Waals surface area contributed by atoms with Gasteiger partial charge < -0.3 is 10.2 Å². The van der Waals surface area contributed by atoms with Crippen LogP contribution in [0.2, 0.25) is 4.34 Å². The maximum absolute atomic E-state index is 10.7. The Balaban J connectivity index is 2.45. The number of rotatable bonds is 5. The number of aliphatic hydroxyl groups is 2. The van der Waals surface area contributed by atoms with E-state index < -0.39 is 12.2 Å². The van der Waals surface area contributed by atoms with Crippen LogP contribution in [0, 0.1) is 0 Å². The maximum Gasteiger partial charge on any atom is 0.185 e. The van der Waals surface area contributed by atoms with Crippen LogP contribution in [-0.4, -0.2) is 27.2 Å². The fraction of sp³-hybridized carbons (Fsp3) is 0.500. The SMILES string of the molecule is CC(=O)SCCC(O)C(O)c1ccsc1Cl. The summed E-state index contributed by atoms with van der Waals surface area (Å²) in [6.45, 7) is 1.48. The molecule has 2 atom stereocenters. The topological polar surface area (TPSA) is 57.5 Å². The molecule has 2 unspecified atom stereocenters. The number of halogens is 1. The Hall–Kier alpha value is -0.0700. The van der Waals surface area contributed by atoms with E-state index in [1.54, 1.807) is 11.4 Å². The summed E-state index contributed by atoms with van der Waals surface area (Å²) in [5.74, 6) is 0.495. The predicted molar refractivity (Wildman–Crippen MR) is 68.1 cm³/mol. The number of carbonyl (C=O) groups excluding carboxylic acids is 1. The Morgan fingerprint density at radius 1 is 1.62 bits per heavy atom. The first-order valence-corrected chi connectivity index (χ1v) is 6.99. The van der Waals surface area contributed by atoms with Crippen molar-refractivity contribution in [3.8, 4) is 0 Å². The van der Waals surface area contributed by atoms with E-state index in [0.29, 0.717) is 22.1 Å². The van der Waals surface area contributed by atoms with Crippen LogP contribution in [-0.2, 0) is 4.79 Å². The highest BCUT2D eigenvalue weighted by Crippen LogP contribution is 2.31. The summed E-state index contributed by atoms with van der Waals surface area (Å²) >= 11 is 8.30. The monoisotopic (exact) mass is 280 g/mol. The Labute approximate surface area is 107 Å². The quantitative estimate of drug-likeness (QED) is 0.870. The van der Waals surface area contributed by atoms with E-state index >= 15 is 0 Å². The normalized spacial score (nSPS) is 14.8. The lowest BCUT2D eigenvalue weighted by atomic mass is 10.1. The molecule has 16 heavy (non-hydrogen) atoms. The molecule has 0 spiro atoms. The molecule has 0 amide bonds. The number of aliphatic hydroxyl groups excluding tert-OH is 2. The third-order valence-corrected chi connectivity index (χ3v) is 4.09. The molecule has 0 aromatic carbocycles. The summed E-state index contributed by atoms with van der Waals surface area (Å²) in [5.41, 5.74) is 0.548. The van der Waals surface area contributed by atoms with Gasteiger partial charge in [-0.3, -0.25) is 4.79 Å². The third kappa shape index (κ3) is 4.07. The van der Waals surface area contributed by atoms with Crippen LogP contribution in [0.15, 0.2) is 11.4 Å². The molecule has 1 aromatic heterocycles. The zero-order valence-electron chi connectivity index (χ0n) is 8.72. The molecule has 0 fully saturated rings. The van der Waals surface area contributed by atoms with Gasteiger partial charge in [-0.05, 0) is 17.9 Å². The molecule has 0 aliphatic heterocycles. The molecule has 0 radical (unpaired) electrons. The van der Waals surface area contributed by atoms with E-state index in [1.165, 1.54) is 18.3 Å². The fourth-order valence-corrected chi connectivity index (χ4v) is 2.84.